The van der Waals surface area contributed by atoms with Crippen molar-refractivity contribution < 1.29 is 14.4 Å². The van der Waals surface area contributed by atoms with Gasteiger partial charge in [0.1, 0.15) is 5.75 Å². The molecule has 2 bridgehead atoms. The largest absolute Gasteiger partial charge is 0.484 e. The SMILES string of the molecule is O=C(COc1ccccc1)N1CC[NH+](C[C@H]2C[C@H]3C=C[C@H]2C3)CC1. The summed E-state index contributed by atoms with van der Waals surface area (Å²) in [5.74, 6) is 3.44. The van der Waals surface area contributed by atoms with Crippen molar-refractivity contribution in [3.8, 4) is 5.75 Å². The fraction of sp³-hybridized carbons (Fsp3) is 0.550. The number of carbonyl (C=O) groups is 1. The van der Waals surface area contributed by atoms with E-state index in [1.165, 1.54) is 19.4 Å². The number of carbonyl (C=O) groups excluding carboxylic acids is 1. The molecule has 1 aromatic carbocycles. The van der Waals surface area contributed by atoms with Gasteiger partial charge in [0, 0.05) is 5.92 Å². The van der Waals surface area contributed by atoms with Gasteiger partial charge < -0.3 is 14.5 Å². The summed E-state index contributed by atoms with van der Waals surface area (Å²) in [7, 11) is 0. The lowest BCUT2D eigenvalue weighted by Crippen LogP contribution is -3.15. The molecule has 4 nitrogen and oxygen atoms in total. The van der Waals surface area contributed by atoms with E-state index in [2.05, 4.69) is 12.2 Å². The number of rotatable bonds is 5. The Kier molecular flexibility index (Phi) is 4.56. The average Bonchev–Trinajstić information content (AvgIpc) is 3.24. The second kappa shape index (κ2) is 6.98. The summed E-state index contributed by atoms with van der Waals surface area (Å²) in [5.41, 5.74) is 0. The molecule has 1 aromatic rings. The highest BCUT2D eigenvalue weighted by Crippen LogP contribution is 2.42. The molecule has 0 unspecified atom stereocenters. The number of hydrogen-bond acceptors (Lipinski definition) is 2. The molecular weight excluding hydrogens is 300 g/mol. The van der Waals surface area contributed by atoms with Gasteiger partial charge in [-0.3, -0.25) is 4.79 Å². The maximum Gasteiger partial charge on any atom is 0.260 e. The lowest BCUT2D eigenvalue weighted by Gasteiger charge is -2.34. The third-order valence-corrected chi connectivity index (χ3v) is 5.90. The van der Waals surface area contributed by atoms with E-state index in [1.54, 1.807) is 4.90 Å². The van der Waals surface area contributed by atoms with Crippen LogP contribution in [0.15, 0.2) is 42.5 Å². The molecule has 1 saturated carbocycles. The molecule has 2 fully saturated rings. The van der Waals surface area contributed by atoms with Crippen molar-refractivity contribution in [2.45, 2.75) is 12.8 Å². The predicted molar refractivity (Wildman–Crippen MR) is 92.9 cm³/mol. The molecule has 2 aliphatic carbocycles. The van der Waals surface area contributed by atoms with E-state index in [-0.39, 0.29) is 12.5 Å². The maximum absolute atomic E-state index is 12.3. The molecule has 1 saturated heterocycles. The van der Waals surface area contributed by atoms with Gasteiger partial charge in [-0.2, -0.15) is 0 Å². The minimum atomic E-state index is 0.112. The molecule has 1 heterocycles. The van der Waals surface area contributed by atoms with Crippen LogP contribution in [-0.4, -0.2) is 50.1 Å². The predicted octanol–water partition coefficient (Wildman–Crippen LogP) is 1.00. The number of fused-ring (bicyclic) bond motifs is 2. The van der Waals surface area contributed by atoms with E-state index in [4.69, 9.17) is 4.74 Å². The topological polar surface area (TPSA) is 34.0 Å². The molecule has 0 aromatic heterocycles. The van der Waals surface area contributed by atoms with Crippen LogP contribution in [0, 0.1) is 17.8 Å². The Morgan fingerprint density at radius 1 is 1.12 bits per heavy atom. The molecule has 3 atom stereocenters. The second-order valence-electron chi connectivity index (χ2n) is 7.48. The molecule has 4 heteroatoms. The van der Waals surface area contributed by atoms with Gasteiger partial charge in [0.15, 0.2) is 6.61 Å². The summed E-state index contributed by atoms with van der Waals surface area (Å²) in [5, 5.41) is 0. The average molecular weight is 327 g/mol. The van der Waals surface area contributed by atoms with Crippen molar-refractivity contribution in [1.82, 2.24) is 4.90 Å². The first kappa shape index (κ1) is 15.7. The van der Waals surface area contributed by atoms with Crippen LogP contribution in [0.5, 0.6) is 5.75 Å². The smallest absolute Gasteiger partial charge is 0.260 e. The molecule has 3 aliphatic rings. The van der Waals surface area contributed by atoms with Gasteiger partial charge in [-0.1, -0.05) is 30.4 Å². The number of quaternary nitrogens is 1. The summed E-state index contributed by atoms with van der Waals surface area (Å²) in [6, 6.07) is 9.57. The van der Waals surface area contributed by atoms with Crippen LogP contribution in [-0.2, 0) is 4.79 Å². The molecule has 24 heavy (non-hydrogen) atoms. The fourth-order valence-electron chi connectivity index (χ4n) is 4.53. The fourth-order valence-corrected chi connectivity index (χ4v) is 4.53. The minimum Gasteiger partial charge on any atom is -0.484 e. The Balaban J connectivity index is 1.20. The number of nitrogens with zero attached hydrogens (tertiary/aromatic N) is 1. The Labute approximate surface area is 144 Å². The van der Waals surface area contributed by atoms with Gasteiger partial charge in [0.25, 0.3) is 5.91 Å². The summed E-state index contributed by atoms with van der Waals surface area (Å²) >= 11 is 0. The highest BCUT2D eigenvalue weighted by atomic mass is 16.5. The van der Waals surface area contributed by atoms with Crippen molar-refractivity contribution in [2.75, 3.05) is 39.3 Å². The summed E-state index contributed by atoms with van der Waals surface area (Å²) in [6.45, 7) is 5.32. The Bertz CT molecular complexity index is 593. The van der Waals surface area contributed by atoms with Crippen molar-refractivity contribution in [1.29, 1.82) is 0 Å². The van der Waals surface area contributed by atoms with E-state index >= 15 is 0 Å². The molecule has 1 aliphatic heterocycles. The first-order valence-electron chi connectivity index (χ1n) is 9.25. The number of benzene rings is 1. The Morgan fingerprint density at radius 2 is 1.92 bits per heavy atom. The van der Waals surface area contributed by atoms with Crippen molar-refractivity contribution >= 4 is 5.91 Å². The summed E-state index contributed by atoms with van der Waals surface area (Å²) in [4.78, 5) is 15.9. The van der Waals surface area contributed by atoms with E-state index < -0.39 is 0 Å². The monoisotopic (exact) mass is 327 g/mol. The van der Waals surface area contributed by atoms with Gasteiger partial charge in [0.05, 0.1) is 32.7 Å². The van der Waals surface area contributed by atoms with Gasteiger partial charge in [0.2, 0.25) is 0 Å². The van der Waals surface area contributed by atoms with Gasteiger partial charge >= 0.3 is 0 Å². The third kappa shape index (κ3) is 3.48. The number of allylic oxidation sites excluding steroid dienone is 2. The zero-order chi connectivity index (χ0) is 16.4. The standard InChI is InChI=1S/C20H26N2O2/c23-20(15-24-19-4-2-1-3-5-19)22-10-8-21(9-11-22)14-18-13-16-6-7-17(18)12-16/h1-7,16-18H,8-15H2/p+1/t16-,17-,18+/m0/s1. The number of ether oxygens (including phenoxy) is 1. The van der Waals surface area contributed by atoms with Crippen molar-refractivity contribution in [2.24, 2.45) is 17.8 Å². The van der Waals surface area contributed by atoms with E-state index in [0.29, 0.717) is 0 Å². The lowest BCUT2D eigenvalue weighted by atomic mass is 9.93. The number of hydrogen-bond donors (Lipinski definition) is 1. The molecule has 4 rings (SSSR count). The molecule has 0 radical (unpaired) electrons. The van der Waals surface area contributed by atoms with Crippen LogP contribution >= 0.6 is 0 Å². The molecule has 1 amide bonds. The molecule has 128 valence electrons. The van der Waals surface area contributed by atoms with E-state index in [1.807, 2.05) is 35.2 Å². The third-order valence-electron chi connectivity index (χ3n) is 5.90. The Hall–Kier alpha value is -1.81. The van der Waals surface area contributed by atoms with Gasteiger partial charge in [-0.05, 0) is 36.8 Å². The highest BCUT2D eigenvalue weighted by molar-refractivity contribution is 5.77. The summed E-state index contributed by atoms with van der Waals surface area (Å²) < 4.78 is 5.58. The van der Waals surface area contributed by atoms with E-state index in [0.717, 1.165) is 49.7 Å². The van der Waals surface area contributed by atoms with Crippen molar-refractivity contribution in [3.63, 3.8) is 0 Å². The molecular formula is C20H27N2O2+. The number of amides is 1. The zero-order valence-electron chi connectivity index (χ0n) is 14.2. The summed E-state index contributed by atoms with van der Waals surface area (Å²) in [6.07, 6.45) is 7.64. The first-order valence-corrected chi connectivity index (χ1v) is 9.25. The quantitative estimate of drug-likeness (QED) is 0.819. The second-order valence-corrected chi connectivity index (χ2v) is 7.48. The Morgan fingerprint density at radius 3 is 2.58 bits per heavy atom. The van der Waals surface area contributed by atoms with Crippen LogP contribution in [0.1, 0.15) is 12.8 Å². The highest BCUT2D eigenvalue weighted by Gasteiger charge is 2.38. The van der Waals surface area contributed by atoms with Gasteiger partial charge in [-0.15, -0.1) is 0 Å². The maximum atomic E-state index is 12.3. The number of nitrogens with one attached hydrogen (secondary N) is 1. The molecule has 1 N–H and O–H groups in total. The minimum absolute atomic E-state index is 0.112. The first-order chi connectivity index (χ1) is 11.8. The zero-order valence-corrected chi connectivity index (χ0v) is 14.2. The van der Waals surface area contributed by atoms with Crippen LogP contribution in [0.4, 0.5) is 0 Å². The number of piperazine rings is 1. The van der Waals surface area contributed by atoms with Crippen LogP contribution < -0.4 is 9.64 Å². The van der Waals surface area contributed by atoms with E-state index in [9.17, 15) is 4.79 Å². The normalized spacial score (nSPS) is 29.2. The van der Waals surface area contributed by atoms with Crippen LogP contribution in [0.25, 0.3) is 0 Å². The lowest BCUT2D eigenvalue weighted by molar-refractivity contribution is -0.907. The van der Waals surface area contributed by atoms with Crippen LogP contribution in [0.3, 0.4) is 0 Å². The van der Waals surface area contributed by atoms with Gasteiger partial charge in [-0.25, -0.2) is 0 Å². The molecule has 0 spiro atoms. The van der Waals surface area contributed by atoms with Crippen LogP contribution in [0.2, 0.25) is 0 Å². The van der Waals surface area contributed by atoms with Crippen molar-refractivity contribution in [3.05, 3.63) is 42.5 Å². The number of para-hydroxylation sites is 1.